The van der Waals surface area contributed by atoms with Gasteiger partial charge in [0, 0.05) is 50.8 Å². The second-order valence-electron chi connectivity index (χ2n) is 9.12. The van der Waals surface area contributed by atoms with Crippen LogP contribution in [0.3, 0.4) is 0 Å². The smallest absolute Gasteiger partial charge is 0.319 e. The van der Waals surface area contributed by atoms with Gasteiger partial charge in [0.1, 0.15) is 6.54 Å². The van der Waals surface area contributed by atoms with E-state index in [0.29, 0.717) is 36.1 Å². The van der Waals surface area contributed by atoms with Gasteiger partial charge in [0.2, 0.25) is 5.91 Å². The molecule has 0 radical (unpaired) electrons. The largest absolute Gasteiger partial charge is 0.361 e. The minimum Gasteiger partial charge on any atom is -0.361 e. The molecule has 0 fully saturated rings. The molecule has 34 heavy (non-hydrogen) atoms. The monoisotopic (exact) mass is 502 g/mol. The van der Waals surface area contributed by atoms with Crippen molar-refractivity contribution in [2.24, 2.45) is 5.92 Å². The predicted octanol–water partition coefficient (Wildman–Crippen LogP) is 5.69. The molecule has 0 atom stereocenters. The average molecular weight is 503 g/mol. The van der Waals surface area contributed by atoms with Crippen molar-refractivity contribution in [2.75, 3.05) is 33.7 Å². The number of benzene rings is 2. The van der Waals surface area contributed by atoms with Crippen LogP contribution in [0.2, 0.25) is 10.0 Å². The van der Waals surface area contributed by atoms with Crippen LogP contribution in [0, 0.1) is 5.92 Å². The van der Waals surface area contributed by atoms with Crippen molar-refractivity contribution in [1.82, 2.24) is 19.7 Å². The molecule has 0 spiro atoms. The fourth-order valence-corrected chi connectivity index (χ4v) is 4.26. The highest BCUT2D eigenvalue weighted by molar-refractivity contribution is 6.42. The number of rotatable bonds is 9. The minimum atomic E-state index is -0.173. The van der Waals surface area contributed by atoms with Gasteiger partial charge >= 0.3 is 6.03 Å². The summed E-state index contributed by atoms with van der Waals surface area (Å²) in [5.41, 5.74) is 3.10. The van der Waals surface area contributed by atoms with Gasteiger partial charge in [-0.3, -0.25) is 4.79 Å². The van der Waals surface area contributed by atoms with E-state index in [2.05, 4.69) is 11.1 Å². The Balaban J connectivity index is 1.82. The highest BCUT2D eigenvalue weighted by atomic mass is 35.5. The maximum Gasteiger partial charge on any atom is 0.319 e. The molecule has 3 amide bonds. The maximum absolute atomic E-state index is 13.5. The molecule has 0 aliphatic carbocycles. The van der Waals surface area contributed by atoms with Gasteiger partial charge in [0.05, 0.1) is 10.0 Å². The summed E-state index contributed by atoms with van der Waals surface area (Å²) >= 11 is 12.3. The summed E-state index contributed by atoms with van der Waals surface area (Å²) in [5.74, 6) is 0.133. The van der Waals surface area contributed by atoms with E-state index in [9.17, 15) is 9.59 Å². The van der Waals surface area contributed by atoms with E-state index in [4.69, 9.17) is 23.2 Å². The Labute approximate surface area is 211 Å². The number of aromatic amines is 1. The molecule has 0 saturated carbocycles. The lowest BCUT2D eigenvalue weighted by molar-refractivity contribution is -0.132. The van der Waals surface area contributed by atoms with Gasteiger partial charge in [-0.1, -0.05) is 61.3 Å². The van der Waals surface area contributed by atoms with Crippen LogP contribution >= 0.6 is 23.2 Å². The molecule has 1 aromatic heterocycles. The van der Waals surface area contributed by atoms with Crippen molar-refractivity contribution >= 4 is 46.0 Å². The molecule has 1 heterocycles. The first-order chi connectivity index (χ1) is 16.2. The number of aromatic nitrogens is 1. The van der Waals surface area contributed by atoms with E-state index < -0.39 is 0 Å². The first kappa shape index (κ1) is 25.9. The third-order valence-electron chi connectivity index (χ3n) is 5.60. The lowest BCUT2D eigenvalue weighted by atomic mass is 10.1. The zero-order chi connectivity index (χ0) is 24.8. The Hall–Kier alpha value is -2.70. The molecule has 1 N–H and O–H groups in total. The summed E-state index contributed by atoms with van der Waals surface area (Å²) in [5, 5.41) is 2.07. The number of para-hydroxylation sites is 1. The standard InChI is InChI=1S/C26H32Cl2N4O2/c1-18(2)15-32(26(34)30(3)4)17-25(33)31(16-19-9-10-22(27)23(28)13-19)12-11-20-14-29-24-8-6-5-7-21(20)24/h5-10,13-14,18,29H,11-12,15-17H2,1-4H3. The minimum absolute atomic E-state index is 0.0183. The molecule has 182 valence electrons. The lowest BCUT2D eigenvalue weighted by Crippen LogP contribution is -2.47. The molecule has 3 aromatic rings. The zero-order valence-electron chi connectivity index (χ0n) is 20.1. The van der Waals surface area contributed by atoms with Crippen LogP contribution in [-0.4, -0.2) is 65.4 Å². The number of nitrogens with one attached hydrogen (secondary N) is 1. The van der Waals surface area contributed by atoms with Crippen LogP contribution in [0.15, 0.2) is 48.7 Å². The second-order valence-corrected chi connectivity index (χ2v) is 9.94. The van der Waals surface area contributed by atoms with E-state index in [0.717, 1.165) is 22.0 Å². The number of hydrogen-bond donors (Lipinski definition) is 1. The molecule has 0 unspecified atom stereocenters. The fourth-order valence-electron chi connectivity index (χ4n) is 3.94. The van der Waals surface area contributed by atoms with Crippen LogP contribution in [0.1, 0.15) is 25.0 Å². The Morgan fingerprint density at radius 3 is 2.41 bits per heavy atom. The normalized spacial score (nSPS) is 11.1. The lowest BCUT2D eigenvalue weighted by Gasteiger charge is -2.30. The summed E-state index contributed by atoms with van der Waals surface area (Å²) in [6, 6.07) is 13.3. The molecule has 2 aromatic carbocycles. The molecule has 0 saturated heterocycles. The van der Waals surface area contributed by atoms with Crippen molar-refractivity contribution in [3.8, 4) is 0 Å². The van der Waals surface area contributed by atoms with Gasteiger partial charge in [0.25, 0.3) is 0 Å². The van der Waals surface area contributed by atoms with E-state index in [-0.39, 0.29) is 24.4 Å². The summed E-state index contributed by atoms with van der Waals surface area (Å²) in [6.07, 6.45) is 2.68. The van der Waals surface area contributed by atoms with Crippen molar-refractivity contribution in [1.29, 1.82) is 0 Å². The van der Waals surface area contributed by atoms with Gasteiger partial charge < -0.3 is 19.7 Å². The number of hydrogen-bond acceptors (Lipinski definition) is 2. The van der Waals surface area contributed by atoms with Crippen molar-refractivity contribution in [3.63, 3.8) is 0 Å². The van der Waals surface area contributed by atoms with Gasteiger partial charge in [-0.15, -0.1) is 0 Å². The topological polar surface area (TPSA) is 59.7 Å². The van der Waals surface area contributed by atoms with Crippen LogP contribution in [0.25, 0.3) is 10.9 Å². The van der Waals surface area contributed by atoms with E-state index in [1.165, 1.54) is 4.90 Å². The number of carbonyl (C=O) groups excluding carboxylic acids is 2. The number of nitrogens with zero attached hydrogens (tertiary/aromatic N) is 3. The SMILES string of the molecule is CC(C)CN(CC(=O)N(CCc1c[nH]c2ccccc12)Cc1ccc(Cl)c(Cl)c1)C(=O)N(C)C. The number of H-pyrrole nitrogens is 1. The number of carbonyl (C=O) groups is 2. The third kappa shape index (κ3) is 6.67. The van der Waals surface area contributed by atoms with Crippen LogP contribution in [0.5, 0.6) is 0 Å². The molecular formula is C26H32Cl2N4O2. The van der Waals surface area contributed by atoms with Crippen LogP contribution in [-0.2, 0) is 17.8 Å². The predicted molar refractivity (Wildman–Crippen MR) is 139 cm³/mol. The highest BCUT2D eigenvalue weighted by Gasteiger charge is 2.23. The molecule has 0 bridgehead atoms. The number of halogens is 2. The molecule has 8 heteroatoms. The van der Waals surface area contributed by atoms with Gasteiger partial charge in [0.15, 0.2) is 0 Å². The molecular weight excluding hydrogens is 471 g/mol. The zero-order valence-corrected chi connectivity index (χ0v) is 21.7. The summed E-state index contributed by atoms with van der Waals surface area (Å²) in [4.78, 5) is 34.4. The summed E-state index contributed by atoms with van der Waals surface area (Å²) < 4.78 is 0. The third-order valence-corrected chi connectivity index (χ3v) is 6.34. The van der Waals surface area contributed by atoms with Crippen molar-refractivity contribution in [2.45, 2.75) is 26.8 Å². The van der Waals surface area contributed by atoms with Crippen molar-refractivity contribution < 1.29 is 9.59 Å². The van der Waals surface area contributed by atoms with Crippen LogP contribution < -0.4 is 0 Å². The fraction of sp³-hybridized carbons (Fsp3) is 0.385. The maximum atomic E-state index is 13.5. The molecule has 0 aliphatic heterocycles. The second kappa shape index (κ2) is 11.6. The van der Waals surface area contributed by atoms with Gasteiger partial charge in [-0.2, -0.15) is 0 Å². The first-order valence-electron chi connectivity index (χ1n) is 11.4. The number of fused-ring (bicyclic) bond motifs is 1. The summed E-state index contributed by atoms with van der Waals surface area (Å²) in [6.45, 7) is 5.47. The van der Waals surface area contributed by atoms with Crippen LogP contribution in [0.4, 0.5) is 4.79 Å². The summed E-state index contributed by atoms with van der Waals surface area (Å²) in [7, 11) is 3.40. The van der Waals surface area contributed by atoms with Gasteiger partial charge in [-0.05, 0) is 41.7 Å². The quantitative estimate of drug-likeness (QED) is 0.408. The average Bonchev–Trinajstić information content (AvgIpc) is 3.20. The Morgan fingerprint density at radius 2 is 1.74 bits per heavy atom. The number of amides is 3. The first-order valence-corrected chi connectivity index (χ1v) is 12.1. The van der Waals surface area contributed by atoms with Crippen molar-refractivity contribution in [3.05, 3.63) is 69.8 Å². The molecule has 6 nitrogen and oxygen atoms in total. The molecule has 0 aliphatic rings. The van der Waals surface area contributed by atoms with E-state index in [1.54, 1.807) is 36.0 Å². The van der Waals surface area contributed by atoms with E-state index >= 15 is 0 Å². The van der Waals surface area contributed by atoms with E-state index in [1.807, 2.05) is 44.3 Å². The Kier molecular flexibility index (Phi) is 8.86. The Morgan fingerprint density at radius 1 is 1.00 bits per heavy atom. The number of urea groups is 1. The highest BCUT2D eigenvalue weighted by Crippen LogP contribution is 2.24. The Bertz CT molecular complexity index is 1140. The van der Waals surface area contributed by atoms with Gasteiger partial charge in [-0.25, -0.2) is 4.79 Å². The molecule has 3 rings (SSSR count).